The van der Waals surface area contributed by atoms with Gasteiger partial charge in [-0.1, -0.05) is 42.5 Å². The molecular formula is C26H21N3O2. The predicted molar refractivity (Wildman–Crippen MR) is 124 cm³/mol. The van der Waals surface area contributed by atoms with Crippen LogP contribution >= 0.6 is 0 Å². The highest BCUT2D eigenvalue weighted by molar-refractivity contribution is 6.12. The zero-order valence-electron chi connectivity index (χ0n) is 17.0. The second-order valence-corrected chi connectivity index (χ2v) is 7.37. The molecule has 31 heavy (non-hydrogen) atoms. The van der Waals surface area contributed by atoms with Gasteiger partial charge in [0.05, 0.1) is 7.11 Å². The molecule has 5 rings (SSSR count). The number of Topliss-reactive ketones (excluding diaryl/α,β-unsaturated/α-hetero) is 1. The summed E-state index contributed by atoms with van der Waals surface area (Å²) in [5, 5.41) is 6.34. The van der Waals surface area contributed by atoms with Crippen molar-refractivity contribution in [3.63, 3.8) is 0 Å². The number of fused-ring (bicyclic) bond motifs is 2. The fourth-order valence-corrected chi connectivity index (χ4v) is 3.99. The van der Waals surface area contributed by atoms with Gasteiger partial charge in [0.2, 0.25) is 0 Å². The van der Waals surface area contributed by atoms with Crippen LogP contribution < -0.4 is 10.1 Å². The summed E-state index contributed by atoms with van der Waals surface area (Å²) in [4.78, 5) is 21.3. The van der Waals surface area contributed by atoms with Crippen LogP contribution in [0.25, 0.3) is 21.7 Å². The molecule has 0 saturated heterocycles. The molecule has 2 aromatic heterocycles. The number of carbonyl (C=O) groups is 1. The van der Waals surface area contributed by atoms with E-state index >= 15 is 0 Å². The zero-order valence-corrected chi connectivity index (χ0v) is 17.0. The number of methoxy groups -OCH3 is 1. The number of pyridine rings is 1. The van der Waals surface area contributed by atoms with Crippen LogP contribution in [0, 0.1) is 0 Å². The minimum Gasteiger partial charge on any atom is -0.497 e. The number of nitrogens with zero attached hydrogens (tertiary/aromatic N) is 1. The molecule has 0 radical (unpaired) electrons. The van der Waals surface area contributed by atoms with E-state index in [2.05, 4.69) is 15.3 Å². The molecule has 1 unspecified atom stereocenters. The van der Waals surface area contributed by atoms with E-state index in [1.807, 2.05) is 79.0 Å². The van der Waals surface area contributed by atoms with Crippen molar-refractivity contribution in [2.24, 2.45) is 0 Å². The lowest BCUT2D eigenvalue weighted by Gasteiger charge is -2.21. The number of aromatic amines is 1. The van der Waals surface area contributed by atoms with E-state index < -0.39 is 6.04 Å². The van der Waals surface area contributed by atoms with Crippen LogP contribution in [0.3, 0.4) is 0 Å². The molecule has 152 valence electrons. The number of rotatable bonds is 6. The first-order valence-corrected chi connectivity index (χ1v) is 10.1. The molecule has 5 aromatic rings. The van der Waals surface area contributed by atoms with Gasteiger partial charge >= 0.3 is 0 Å². The predicted octanol–water partition coefficient (Wildman–Crippen LogP) is 5.76. The molecule has 0 fully saturated rings. The van der Waals surface area contributed by atoms with Gasteiger partial charge in [0.15, 0.2) is 5.78 Å². The molecule has 0 spiro atoms. The number of H-pyrrole nitrogens is 1. The van der Waals surface area contributed by atoms with Gasteiger partial charge in [-0.25, -0.2) is 0 Å². The van der Waals surface area contributed by atoms with Crippen LogP contribution in [0.15, 0.2) is 91.4 Å². The number of ether oxygens (including phenoxy) is 1. The first kappa shape index (κ1) is 18.9. The van der Waals surface area contributed by atoms with Crippen LogP contribution in [0.5, 0.6) is 5.75 Å². The number of para-hydroxylation sites is 1. The molecule has 3 aromatic carbocycles. The van der Waals surface area contributed by atoms with Crippen molar-refractivity contribution in [3.8, 4) is 5.75 Å². The fraction of sp³-hybridized carbons (Fsp3) is 0.0769. The van der Waals surface area contributed by atoms with E-state index in [-0.39, 0.29) is 5.78 Å². The van der Waals surface area contributed by atoms with Crippen molar-refractivity contribution in [2.75, 3.05) is 12.4 Å². The maximum Gasteiger partial charge on any atom is 0.191 e. The monoisotopic (exact) mass is 407 g/mol. The molecule has 0 amide bonds. The van der Waals surface area contributed by atoms with Crippen LogP contribution in [0.4, 0.5) is 5.69 Å². The minimum absolute atomic E-state index is 0.00965. The maximum atomic E-state index is 13.9. The summed E-state index contributed by atoms with van der Waals surface area (Å²) in [6.45, 7) is 0. The second-order valence-electron chi connectivity index (χ2n) is 7.37. The summed E-state index contributed by atoms with van der Waals surface area (Å²) >= 11 is 0. The molecule has 0 bridgehead atoms. The van der Waals surface area contributed by atoms with Gasteiger partial charge in [0.25, 0.3) is 0 Å². The van der Waals surface area contributed by atoms with E-state index in [4.69, 9.17) is 4.74 Å². The van der Waals surface area contributed by atoms with E-state index in [1.54, 1.807) is 19.5 Å². The Labute approximate surface area is 179 Å². The van der Waals surface area contributed by atoms with Crippen LogP contribution in [0.1, 0.15) is 22.0 Å². The third-order valence-electron chi connectivity index (χ3n) is 5.52. The number of aromatic nitrogens is 2. The summed E-state index contributed by atoms with van der Waals surface area (Å²) in [5.74, 6) is 0.718. The fourth-order valence-electron chi connectivity index (χ4n) is 3.99. The van der Waals surface area contributed by atoms with E-state index in [0.717, 1.165) is 38.7 Å². The Hall–Kier alpha value is -4.12. The number of benzene rings is 3. The Balaban J connectivity index is 1.65. The van der Waals surface area contributed by atoms with Crippen molar-refractivity contribution >= 4 is 33.1 Å². The Morgan fingerprint density at radius 1 is 1.00 bits per heavy atom. The Bertz CT molecular complexity index is 1380. The van der Waals surface area contributed by atoms with Gasteiger partial charge in [0.1, 0.15) is 11.8 Å². The summed E-state index contributed by atoms with van der Waals surface area (Å²) in [7, 11) is 1.63. The maximum absolute atomic E-state index is 13.9. The van der Waals surface area contributed by atoms with Crippen molar-refractivity contribution in [3.05, 3.63) is 103 Å². The van der Waals surface area contributed by atoms with E-state index in [9.17, 15) is 4.79 Å². The molecule has 2 N–H and O–H groups in total. The lowest BCUT2D eigenvalue weighted by atomic mass is 9.93. The molecule has 5 nitrogen and oxygen atoms in total. The van der Waals surface area contributed by atoms with Crippen molar-refractivity contribution < 1.29 is 9.53 Å². The molecule has 0 aliphatic carbocycles. The number of hydrogen-bond donors (Lipinski definition) is 2. The summed E-state index contributed by atoms with van der Waals surface area (Å²) in [5.41, 5.74) is 3.30. The number of carbonyl (C=O) groups excluding carboxylic acids is 1. The lowest BCUT2D eigenvalue weighted by molar-refractivity contribution is 0.0971. The summed E-state index contributed by atoms with van der Waals surface area (Å²) < 4.78 is 5.36. The second kappa shape index (κ2) is 7.95. The average molecular weight is 407 g/mol. The van der Waals surface area contributed by atoms with E-state index in [0.29, 0.717) is 5.56 Å². The van der Waals surface area contributed by atoms with Crippen LogP contribution in [-0.2, 0) is 0 Å². The van der Waals surface area contributed by atoms with Gasteiger partial charge in [-0.05, 0) is 35.2 Å². The normalized spacial score (nSPS) is 12.0. The number of hydrogen-bond acceptors (Lipinski definition) is 4. The van der Waals surface area contributed by atoms with Crippen LogP contribution in [-0.4, -0.2) is 22.9 Å². The summed E-state index contributed by atoms with van der Waals surface area (Å²) in [6.07, 6.45) is 5.36. The lowest BCUT2D eigenvalue weighted by Crippen LogP contribution is -2.21. The van der Waals surface area contributed by atoms with Crippen molar-refractivity contribution in [2.45, 2.75) is 6.04 Å². The number of nitrogens with one attached hydrogen (secondary N) is 2. The third kappa shape index (κ3) is 3.51. The topological polar surface area (TPSA) is 67.0 Å². The molecule has 1 atom stereocenters. The van der Waals surface area contributed by atoms with E-state index in [1.165, 1.54) is 0 Å². The Morgan fingerprint density at radius 3 is 2.77 bits per heavy atom. The summed E-state index contributed by atoms with van der Waals surface area (Å²) in [6, 6.07) is 22.8. The zero-order chi connectivity index (χ0) is 21.2. The molecular weight excluding hydrogens is 386 g/mol. The van der Waals surface area contributed by atoms with Crippen LogP contribution in [0.2, 0.25) is 0 Å². The average Bonchev–Trinajstić information content (AvgIpc) is 3.26. The van der Waals surface area contributed by atoms with Crippen molar-refractivity contribution in [1.82, 2.24) is 9.97 Å². The standard InChI is InChI=1S/C26H21N3O2/c1-31-19-8-5-7-18(14-19)29-25(22-10-4-6-17-15-27-13-12-20(17)22)26(30)23-16-28-24-11-3-2-9-21(23)24/h2-16,25,28-29H,1H3. The molecule has 0 saturated carbocycles. The first-order chi connectivity index (χ1) is 15.2. The smallest absolute Gasteiger partial charge is 0.191 e. The quantitative estimate of drug-likeness (QED) is 0.351. The Morgan fingerprint density at radius 2 is 1.87 bits per heavy atom. The van der Waals surface area contributed by atoms with Gasteiger partial charge in [0, 0.05) is 52.2 Å². The number of ketones is 1. The molecule has 0 aliphatic rings. The minimum atomic E-state index is -0.586. The van der Waals surface area contributed by atoms with Gasteiger partial charge in [-0.3, -0.25) is 9.78 Å². The Kier molecular flexibility index (Phi) is 4.84. The molecule has 2 heterocycles. The highest BCUT2D eigenvalue weighted by atomic mass is 16.5. The highest BCUT2D eigenvalue weighted by Gasteiger charge is 2.26. The van der Waals surface area contributed by atoms with Gasteiger partial charge in [-0.15, -0.1) is 0 Å². The molecule has 5 heteroatoms. The largest absolute Gasteiger partial charge is 0.497 e. The highest BCUT2D eigenvalue weighted by Crippen LogP contribution is 2.32. The third-order valence-corrected chi connectivity index (χ3v) is 5.52. The van der Waals surface area contributed by atoms with Gasteiger partial charge in [-0.2, -0.15) is 0 Å². The first-order valence-electron chi connectivity index (χ1n) is 10.1. The SMILES string of the molecule is COc1cccc(NC(C(=O)c2c[nH]c3ccccc23)c2cccc3cnccc23)c1. The number of anilines is 1. The molecule has 0 aliphatic heterocycles. The van der Waals surface area contributed by atoms with Crippen molar-refractivity contribution in [1.29, 1.82) is 0 Å². The van der Waals surface area contributed by atoms with Gasteiger partial charge < -0.3 is 15.0 Å².